The molecule has 0 aliphatic carbocycles. The van der Waals surface area contributed by atoms with Crippen LogP contribution in [0.1, 0.15) is 18.9 Å². The molecular weight excluding hydrogens is 254 g/mol. The highest BCUT2D eigenvalue weighted by Gasteiger charge is 2.43. The Morgan fingerprint density at radius 3 is 2.85 bits per heavy atom. The van der Waals surface area contributed by atoms with Gasteiger partial charge in [0.25, 0.3) is 0 Å². The van der Waals surface area contributed by atoms with Crippen molar-refractivity contribution in [2.45, 2.75) is 38.1 Å². The molecular formula is C16H19NO3. The van der Waals surface area contributed by atoms with Crippen molar-refractivity contribution in [3.63, 3.8) is 0 Å². The van der Waals surface area contributed by atoms with E-state index in [4.69, 9.17) is 9.47 Å². The van der Waals surface area contributed by atoms with Gasteiger partial charge in [0.15, 0.2) is 0 Å². The first-order valence-electron chi connectivity index (χ1n) is 7.08. The number of cyclic esters (lactones) is 1. The van der Waals surface area contributed by atoms with E-state index in [0.29, 0.717) is 13.2 Å². The van der Waals surface area contributed by atoms with Gasteiger partial charge in [-0.1, -0.05) is 49.4 Å². The number of carbonyl (C=O) groups excluding carboxylic acids is 1. The van der Waals surface area contributed by atoms with Crippen LogP contribution in [0.5, 0.6) is 0 Å². The minimum Gasteiger partial charge on any atom is -0.447 e. The van der Waals surface area contributed by atoms with Crippen LogP contribution in [0, 0.1) is 0 Å². The number of amides is 1. The van der Waals surface area contributed by atoms with Gasteiger partial charge in [0.2, 0.25) is 0 Å². The maximum absolute atomic E-state index is 11.8. The number of benzene rings is 1. The van der Waals surface area contributed by atoms with Crippen molar-refractivity contribution in [1.82, 2.24) is 4.90 Å². The molecule has 0 aromatic heterocycles. The average molecular weight is 273 g/mol. The molecule has 0 radical (unpaired) electrons. The van der Waals surface area contributed by atoms with E-state index in [1.165, 1.54) is 0 Å². The van der Waals surface area contributed by atoms with E-state index in [2.05, 4.69) is 19.1 Å². The molecule has 0 spiro atoms. The molecule has 2 aliphatic rings. The largest absolute Gasteiger partial charge is 0.447 e. The Balaban J connectivity index is 1.69. The maximum Gasteiger partial charge on any atom is 0.410 e. The van der Waals surface area contributed by atoms with Crippen LogP contribution in [-0.4, -0.2) is 35.8 Å². The zero-order chi connectivity index (χ0) is 13.9. The number of hydrogen-bond acceptors (Lipinski definition) is 3. The van der Waals surface area contributed by atoms with E-state index in [1.54, 1.807) is 0 Å². The molecule has 4 nitrogen and oxygen atoms in total. The molecule has 4 heteroatoms. The number of carbonyl (C=O) groups is 1. The van der Waals surface area contributed by atoms with Gasteiger partial charge < -0.3 is 9.47 Å². The number of hydrogen-bond donors (Lipinski definition) is 0. The zero-order valence-electron chi connectivity index (χ0n) is 11.6. The van der Waals surface area contributed by atoms with Gasteiger partial charge in [-0.25, -0.2) is 4.79 Å². The summed E-state index contributed by atoms with van der Waals surface area (Å²) >= 11 is 0. The Bertz CT molecular complexity index is 500. The number of ether oxygens (including phenoxy) is 2. The molecule has 1 amide bonds. The molecule has 1 aromatic rings. The maximum atomic E-state index is 11.8. The summed E-state index contributed by atoms with van der Waals surface area (Å²) < 4.78 is 11.1. The lowest BCUT2D eigenvalue weighted by molar-refractivity contribution is 0.0127. The Morgan fingerprint density at radius 1 is 1.30 bits per heavy atom. The van der Waals surface area contributed by atoms with Crippen LogP contribution >= 0.6 is 0 Å². The molecule has 1 saturated heterocycles. The molecule has 0 unspecified atom stereocenters. The summed E-state index contributed by atoms with van der Waals surface area (Å²) in [6.45, 7) is 3.03. The molecule has 2 heterocycles. The Labute approximate surface area is 119 Å². The summed E-state index contributed by atoms with van der Waals surface area (Å²) in [6, 6.07) is 10.2. The quantitative estimate of drug-likeness (QED) is 0.792. The second-order valence-corrected chi connectivity index (χ2v) is 5.17. The summed E-state index contributed by atoms with van der Waals surface area (Å²) in [5.41, 5.74) is 1.13. The highest BCUT2D eigenvalue weighted by atomic mass is 16.6. The fraction of sp³-hybridized carbons (Fsp3) is 0.438. The summed E-state index contributed by atoms with van der Waals surface area (Å²) in [4.78, 5) is 13.6. The van der Waals surface area contributed by atoms with E-state index in [9.17, 15) is 4.79 Å². The second-order valence-electron chi connectivity index (χ2n) is 5.17. The van der Waals surface area contributed by atoms with Crippen LogP contribution in [0.25, 0.3) is 0 Å². The van der Waals surface area contributed by atoms with Crippen LogP contribution in [0.15, 0.2) is 42.5 Å². The third-order valence-corrected chi connectivity index (χ3v) is 3.91. The Hall–Kier alpha value is -1.81. The summed E-state index contributed by atoms with van der Waals surface area (Å²) in [5.74, 6) is 0. The van der Waals surface area contributed by atoms with Gasteiger partial charge in [-0.15, -0.1) is 0 Å². The molecule has 1 fully saturated rings. The van der Waals surface area contributed by atoms with Crippen LogP contribution < -0.4 is 0 Å². The summed E-state index contributed by atoms with van der Waals surface area (Å²) in [6.07, 6.45) is 4.70. The van der Waals surface area contributed by atoms with Crippen molar-refractivity contribution in [2.75, 3.05) is 6.61 Å². The predicted octanol–water partition coefficient (Wildman–Crippen LogP) is 2.74. The normalized spacial score (nSPS) is 28.4. The number of nitrogens with zero attached hydrogens (tertiary/aromatic N) is 1. The van der Waals surface area contributed by atoms with E-state index in [1.807, 2.05) is 35.2 Å². The van der Waals surface area contributed by atoms with Gasteiger partial charge >= 0.3 is 6.09 Å². The molecule has 1 aromatic carbocycles. The SMILES string of the molecule is CC[C@@H]1C=C[C@@H](OCc2ccccc2)[C@H]2COC(=O)N21. The minimum atomic E-state index is -0.223. The predicted molar refractivity (Wildman–Crippen MR) is 75.2 cm³/mol. The van der Waals surface area contributed by atoms with E-state index in [-0.39, 0.29) is 24.3 Å². The minimum absolute atomic E-state index is 0.00108. The van der Waals surface area contributed by atoms with Gasteiger partial charge in [-0.3, -0.25) is 4.90 Å². The fourth-order valence-corrected chi connectivity index (χ4v) is 2.81. The zero-order valence-corrected chi connectivity index (χ0v) is 11.6. The molecule has 3 atom stereocenters. The molecule has 0 N–H and O–H groups in total. The van der Waals surface area contributed by atoms with Crippen molar-refractivity contribution in [3.8, 4) is 0 Å². The third kappa shape index (κ3) is 2.43. The van der Waals surface area contributed by atoms with E-state index in [0.717, 1.165) is 12.0 Å². The lowest BCUT2D eigenvalue weighted by Gasteiger charge is -2.35. The van der Waals surface area contributed by atoms with Crippen LogP contribution in [0.4, 0.5) is 4.79 Å². The molecule has 106 valence electrons. The van der Waals surface area contributed by atoms with Crippen molar-refractivity contribution in [1.29, 1.82) is 0 Å². The van der Waals surface area contributed by atoms with Crippen molar-refractivity contribution in [2.24, 2.45) is 0 Å². The van der Waals surface area contributed by atoms with E-state index < -0.39 is 0 Å². The van der Waals surface area contributed by atoms with Crippen molar-refractivity contribution < 1.29 is 14.3 Å². The summed E-state index contributed by atoms with van der Waals surface area (Å²) in [7, 11) is 0. The van der Waals surface area contributed by atoms with Crippen molar-refractivity contribution >= 4 is 6.09 Å². The summed E-state index contributed by atoms with van der Waals surface area (Å²) in [5, 5.41) is 0. The highest BCUT2D eigenvalue weighted by Crippen LogP contribution is 2.28. The molecule has 3 rings (SSSR count). The first kappa shape index (κ1) is 13.2. The first-order valence-corrected chi connectivity index (χ1v) is 7.08. The third-order valence-electron chi connectivity index (χ3n) is 3.91. The Morgan fingerprint density at radius 2 is 2.10 bits per heavy atom. The Kier molecular flexibility index (Phi) is 3.74. The standard InChI is InChI=1S/C16H19NO3/c1-2-13-8-9-15(14-11-20-16(18)17(13)14)19-10-12-6-4-3-5-7-12/h3-9,13-15H,2,10-11H2,1H3/t13-,14-,15-/m1/s1. The topological polar surface area (TPSA) is 38.8 Å². The molecule has 0 saturated carbocycles. The molecule has 0 bridgehead atoms. The fourth-order valence-electron chi connectivity index (χ4n) is 2.81. The highest BCUT2D eigenvalue weighted by molar-refractivity contribution is 5.71. The number of fused-ring (bicyclic) bond motifs is 1. The van der Waals surface area contributed by atoms with Crippen LogP contribution in [0.2, 0.25) is 0 Å². The van der Waals surface area contributed by atoms with Gasteiger partial charge in [0.05, 0.1) is 24.8 Å². The van der Waals surface area contributed by atoms with Crippen molar-refractivity contribution in [3.05, 3.63) is 48.0 Å². The molecule has 20 heavy (non-hydrogen) atoms. The first-order chi connectivity index (χ1) is 9.79. The lowest BCUT2D eigenvalue weighted by atomic mass is 10.00. The number of rotatable bonds is 4. The van der Waals surface area contributed by atoms with Gasteiger partial charge in [0, 0.05) is 0 Å². The lowest BCUT2D eigenvalue weighted by Crippen LogP contribution is -2.50. The molecule has 2 aliphatic heterocycles. The van der Waals surface area contributed by atoms with Gasteiger partial charge in [-0.2, -0.15) is 0 Å². The average Bonchev–Trinajstić information content (AvgIpc) is 2.89. The second kappa shape index (κ2) is 5.67. The van der Waals surface area contributed by atoms with Crippen LogP contribution in [-0.2, 0) is 16.1 Å². The van der Waals surface area contributed by atoms with E-state index >= 15 is 0 Å². The van der Waals surface area contributed by atoms with Gasteiger partial charge in [-0.05, 0) is 12.0 Å². The van der Waals surface area contributed by atoms with Gasteiger partial charge in [0.1, 0.15) is 6.61 Å². The van der Waals surface area contributed by atoms with Crippen LogP contribution in [0.3, 0.4) is 0 Å². The smallest absolute Gasteiger partial charge is 0.410 e. The monoisotopic (exact) mass is 273 g/mol.